The second kappa shape index (κ2) is 8.61. The summed E-state index contributed by atoms with van der Waals surface area (Å²) in [6.07, 6.45) is 0. The van der Waals surface area contributed by atoms with Crippen LogP contribution in [0.1, 0.15) is 39.0 Å². The molecule has 5 nitrogen and oxygen atoms in total. The topological polar surface area (TPSA) is 66.8 Å². The third-order valence-corrected chi connectivity index (χ3v) is 6.06. The van der Waals surface area contributed by atoms with Gasteiger partial charge in [0.15, 0.2) is 0 Å². The van der Waals surface area contributed by atoms with Crippen LogP contribution in [-0.2, 0) is 11.3 Å². The van der Waals surface area contributed by atoms with E-state index in [0.29, 0.717) is 32.5 Å². The number of carbonyl (C=O) groups is 2. The average Bonchev–Trinajstić information content (AvgIpc) is 2.76. The lowest BCUT2D eigenvalue weighted by Gasteiger charge is -2.41. The Labute approximate surface area is 189 Å². The quantitative estimate of drug-likeness (QED) is 0.546. The number of ether oxygens (including phenoxy) is 1. The van der Waals surface area contributed by atoms with Crippen molar-refractivity contribution in [1.82, 2.24) is 4.90 Å². The molecule has 1 N–H and O–H groups in total. The number of hydrogen-bond acceptors (Lipinski definition) is 3. The fourth-order valence-corrected chi connectivity index (χ4v) is 4.57. The Hall–Kier alpha value is -3.02. The van der Waals surface area contributed by atoms with Gasteiger partial charge >= 0.3 is 5.97 Å². The molecule has 1 aliphatic rings. The van der Waals surface area contributed by atoms with Gasteiger partial charge in [0.1, 0.15) is 11.7 Å². The van der Waals surface area contributed by atoms with Crippen LogP contribution < -0.4 is 4.74 Å². The van der Waals surface area contributed by atoms with Crippen LogP contribution in [0.2, 0.25) is 10.0 Å². The molecule has 4 rings (SSSR count). The van der Waals surface area contributed by atoms with Crippen LogP contribution in [0.4, 0.5) is 0 Å². The molecule has 31 heavy (non-hydrogen) atoms. The first-order chi connectivity index (χ1) is 14.9. The smallest absolute Gasteiger partial charge is 0.313 e. The van der Waals surface area contributed by atoms with Gasteiger partial charge in [-0.3, -0.25) is 9.59 Å². The molecular weight excluding hydrogens is 437 g/mol. The van der Waals surface area contributed by atoms with Gasteiger partial charge in [0.05, 0.1) is 13.2 Å². The van der Waals surface area contributed by atoms with Gasteiger partial charge in [-0.1, -0.05) is 59.6 Å². The lowest BCUT2D eigenvalue weighted by atomic mass is 9.79. The van der Waals surface area contributed by atoms with E-state index in [1.165, 1.54) is 0 Å². The second-order valence-corrected chi connectivity index (χ2v) is 8.14. The lowest BCUT2D eigenvalue weighted by Crippen LogP contribution is -2.44. The third-order valence-electron chi connectivity index (χ3n) is 5.50. The number of carboxylic acids is 1. The number of carbonyl (C=O) groups excluding carboxylic acids is 1. The van der Waals surface area contributed by atoms with E-state index in [4.69, 9.17) is 27.9 Å². The number of halogens is 2. The maximum absolute atomic E-state index is 13.5. The molecule has 3 aromatic rings. The van der Waals surface area contributed by atoms with Gasteiger partial charge in [-0.15, -0.1) is 0 Å². The minimum absolute atomic E-state index is 0.213. The van der Waals surface area contributed by atoms with Crippen molar-refractivity contribution in [3.05, 3.63) is 99.0 Å². The van der Waals surface area contributed by atoms with Crippen LogP contribution in [0.5, 0.6) is 5.75 Å². The summed E-state index contributed by atoms with van der Waals surface area (Å²) in [4.78, 5) is 27.5. The summed E-state index contributed by atoms with van der Waals surface area (Å²) in [6.45, 7) is 0.213. The Bertz CT molecular complexity index is 1150. The van der Waals surface area contributed by atoms with Gasteiger partial charge in [0.2, 0.25) is 0 Å². The molecule has 0 spiro atoms. The number of methoxy groups -OCH3 is 1. The predicted octanol–water partition coefficient (Wildman–Crippen LogP) is 5.57. The van der Waals surface area contributed by atoms with E-state index in [2.05, 4.69) is 0 Å². The maximum Gasteiger partial charge on any atom is 0.313 e. The zero-order chi connectivity index (χ0) is 22.1. The summed E-state index contributed by atoms with van der Waals surface area (Å²) >= 11 is 12.5. The Kier molecular flexibility index (Phi) is 5.90. The number of amides is 1. The molecule has 0 bridgehead atoms. The molecule has 0 saturated carbocycles. The van der Waals surface area contributed by atoms with Crippen LogP contribution >= 0.6 is 23.2 Å². The van der Waals surface area contributed by atoms with E-state index in [0.717, 1.165) is 5.56 Å². The van der Waals surface area contributed by atoms with Crippen molar-refractivity contribution in [2.45, 2.75) is 18.5 Å². The number of hydrogen-bond donors (Lipinski definition) is 1. The predicted molar refractivity (Wildman–Crippen MR) is 119 cm³/mol. The fraction of sp³-hybridized carbons (Fsp3) is 0.167. The molecule has 2 unspecified atom stereocenters. The highest BCUT2D eigenvalue weighted by Gasteiger charge is 2.44. The number of fused-ring (bicyclic) bond motifs is 1. The van der Waals surface area contributed by atoms with Gasteiger partial charge in [-0.05, 0) is 47.0 Å². The van der Waals surface area contributed by atoms with Gasteiger partial charge < -0.3 is 14.7 Å². The summed E-state index contributed by atoms with van der Waals surface area (Å²) in [5.74, 6) is -1.57. The lowest BCUT2D eigenvalue weighted by molar-refractivity contribution is -0.140. The minimum atomic E-state index is -1.03. The van der Waals surface area contributed by atoms with Crippen LogP contribution in [0.3, 0.4) is 0 Å². The van der Waals surface area contributed by atoms with Crippen molar-refractivity contribution in [1.29, 1.82) is 0 Å². The van der Waals surface area contributed by atoms with E-state index in [-0.39, 0.29) is 12.5 Å². The highest BCUT2D eigenvalue weighted by molar-refractivity contribution is 6.35. The number of aliphatic carboxylic acids is 1. The second-order valence-electron chi connectivity index (χ2n) is 7.29. The van der Waals surface area contributed by atoms with E-state index in [1.54, 1.807) is 66.6 Å². The maximum atomic E-state index is 13.5. The number of rotatable bonds is 5. The van der Waals surface area contributed by atoms with Crippen molar-refractivity contribution < 1.29 is 19.4 Å². The van der Waals surface area contributed by atoms with Crippen molar-refractivity contribution in [2.75, 3.05) is 7.11 Å². The molecule has 0 saturated heterocycles. The number of nitrogens with zero attached hydrogens (tertiary/aromatic N) is 1. The molecule has 2 atom stereocenters. The zero-order valence-corrected chi connectivity index (χ0v) is 18.1. The first-order valence-corrected chi connectivity index (χ1v) is 10.4. The third kappa shape index (κ3) is 3.99. The first kappa shape index (κ1) is 21.2. The van der Waals surface area contributed by atoms with Crippen molar-refractivity contribution in [3.8, 4) is 5.75 Å². The Morgan fingerprint density at radius 1 is 1.03 bits per heavy atom. The van der Waals surface area contributed by atoms with E-state index < -0.39 is 17.9 Å². The minimum Gasteiger partial charge on any atom is -0.497 e. The molecular formula is C24H19Cl2NO4. The highest BCUT2D eigenvalue weighted by Crippen LogP contribution is 2.45. The zero-order valence-electron chi connectivity index (χ0n) is 16.6. The Morgan fingerprint density at radius 2 is 1.74 bits per heavy atom. The normalized spacial score (nSPS) is 17.9. The largest absolute Gasteiger partial charge is 0.497 e. The van der Waals surface area contributed by atoms with Crippen LogP contribution in [0.25, 0.3) is 0 Å². The molecule has 1 aliphatic heterocycles. The first-order valence-electron chi connectivity index (χ1n) is 9.61. The van der Waals surface area contributed by atoms with Crippen LogP contribution in [-0.4, -0.2) is 29.0 Å². The van der Waals surface area contributed by atoms with E-state index in [1.807, 2.05) is 12.1 Å². The van der Waals surface area contributed by atoms with Crippen molar-refractivity contribution in [3.63, 3.8) is 0 Å². The Balaban J connectivity index is 1.87. The van der Waals surface area contributed by atoms with Gasteiger partial charge in [0.25, 0.3) is 5.91 Å². The molecule has 0 aromatic heterocycles. The summed E-state index contributed by atoms with van der Waals surface area (Å²) in [6, 6.07) is 18.2. The summed E-state index contributed by atoms with van der Waals surface area (Å²) in [7, 11) is 1.58. The van der Waals surface area contributed by atoms with Crippen LogP contribution in [0, 0.1) is 0 Å². The molecule has 1 amide bonds. The SMILES string of the molecule is COc1ccc(CN2C(=O)c3ccccc3C(C(=O)O)C2c2ccc(Cl)cc2Cl)cc1. The molecule has 3 aromatic carbocycles. The fourth-order valence-electron chi connectivity index (χ4n) is 4.05. The Morgan fingerprint density at radius 3 is 2.39 bits per heavy atom. The van der Waals surface area contributed by atoms with Gasteiger partial charge in [-0.25, -0.2) is 0 Å². The van der Waals surface area contributed by atoms with Crippen molar-refractivity contribution in [2.24, 2.45) is 0 Å². The molecule has 7 heteroatoms. The summed E-state index contributed by atoms with van der Waals surface area (Å²) < 4.78 is 5.20. The standard InChI is InChI=1S/C24H19Cl2NO4/c1-31-16-9-6-14(7-10-16)13-27-22(19-11-8-15(25)12-20(19)26)21(24(29)30)17-4-2-3-5-18(17)23(27)28/h2-12,21-22H,13H2,1H3,(H,29,30). The molecule has 0 aliphatic carbocycles. The van der Waals surface area contributed by atoms with Crippen molar-refractivity contribution >= 4 is 35.1 Å². The summed E-state index contributed by atoms with van der Waals surface area (Å²) in [5, 5.41) is 10.9. The van der Waals surface area contributed by atoms with E-state index in [9.17, 15) is 14.7 Å². The highest BCUT2D eigenvalue weighted by atomic mass is 35.5. The number of carboxylic acid groups (broad SMARTS) is 1. The molecule has 158 valence electrons. The van der Waals surface area contributed by atoms with Gasteiger partial charge in [-0.2, -0.15) is 0 Å². The summed E-state index contributed by atoms with van der Waals surface area (Å²) in [5.41, 5.74) is 2.23. The molecule has 1 heterocycles. The molecule has 0 radical (unpaired) electrons. The van der Waals surface area contributed by atoms with E-state index >= 15 is 0 Å². The number of benzene rings is 3. The van der Waals surface area contributed by atoms with Crippen LogP contribution in [0.15, 0.2) is 66.7 Å². The molecule has 0 fully saturated rings. The monoisotopic (exact) mass is 455 g/mol. The van der Waals surface area contributed by atoms with Gasteiger partial charge in [0, 0.05) is 22.2 Å². The average molecular weight is 456 g/mol.